The summed E-state index contributed by atoms with van der Waals surface area (Å²) in [6, 6.07) is 4.27. The minimum atomic E-state index is 0.0858. The summed E-state index contributed by atoms with van der Waals surface area (Å²) in [6.07, 6.45) is 0. The Morgan fingerprint density at radius 1 is 1.33 bits per heavy atom. The Balaban J connectivity index is 1.65. The zero-order valence-electron chi connectivity index (χ0n) is 12.3. The Hall–Kier alpha value is -0.470. The van der Waals surface area contributed by atoms with Crippen LogP contribution < -0.4 is 5.32 Å². The molecule has 1 fully saturated rings. The van der Waals surface area contributed by atoms with E-state index in [1.54, 1.807) is 18.4 Å². The average molecular weight is 376 g/mol. The monoisotopic (exact) mass is 375 g/mol. The SMILES string of the molecule is COCCNC(=O)CN1CCN(Cc2ccc(Br)s2)CC1. The van der Waals surface area contributed by atoms with Gasteiger partial charge >= 0.3 is 0 Å². The molecule has 1 aliphatic rings. The molecular weight excluding hydrogens is 354 g/mol. The Kier molecular flexibility index (Phi) is 7.12. The van der Waals surface area contributed by atoms with Gasteiger partial charge in [0.2, 0.25) is 5.91 Å². The third-order valence-corrected chi connectivity index (χ3v) is 5.08. The number of methoxy groups -OCH3 is 1. The molecule has 0 radical (unpaired) electrons. The van der Waals surface area contributed by atoms with Crippen molar-refractivity contribution < 1.29 is 9.53 Å². The lowest BCUT2D eigenvalue weighted by molar-refractivity contribution is -0.122. The second kappa shape index (κ2) is 8.85. The molecule has 5 nitrogen and oxygen atoms in total. The van der Waals surface area contributed by atoms with E-state index in [1.165, 1.54) is 8.66 Å². The Morgan fingerprint density at radius 3 is 2.67 bits per heavy atom. The van der Waals surface area contributed by atoms with E-state index >= 15 is 0 Å². The van der Waals surface area contributed by atoms with E-state index < -0.39 is 0 Å². The molecule has 7 heteroatoms. The van der Waals surface area contributed by atoms with Crippen molar-refractivity contribution in [2.24, 2.45) is 0 Å². The molecule has 0 saturated carbocycles. The van der Waals surface area contributed by atoms with Gasteiger partial charge in [-0.1, -0.05) is 0 Å². The molecule has 0 atom stereocenters. The topological polar surface area (TPSA) is 44.8 Å². The van der Waals surface area contributed by atoms with Gasteiger partial charge in [0, 0.05) is 51.3 Å². The van der Waals surface area contributed by atoms with Gasteiger partial charge < -0.3 is 10.1 Å². The standard InChI is InChI=1S/C14H22BrN3O2S/c1-20-9-4-16-14(19)11-18-7-5-17(6-8-18)10-12-2-3-13(15)21-12/h2-3H,4-11H2,1H3,(H,16,19). The number of thiophene rings is 1. The number of nitrogens with zero attached hydrogens (tertiary/aromatic N) is 2. The molecule has 0 spiro atoms. The number of carbonyl (C=O) groups excluding carboxylic acids is 1. The molecule has 21 heavy (non-hydrogen) atoms. The predicted octanol–water partition coefficient (Wildman–Crippen LogP) is 1.39. The highest BCUT2D eigenvalue weighted by molar-refractivity contribution is 9.11. The largest absolute Gasteiger partial charge is 0.383 e. The van der Waals surface area contributed by atoms with Crippen molar-refractivity contribution in [3.63, 3.8) is 0 Å². The zero-order valence-corrected chi connectivity index (χ0v) is 14.7. The lowest BCUT2D eigenvalue weighted by Crippen LogP contribution is -2.49. The minimum absolute atomic E-state index is 0.0858. The third-order valence-electron chi connectivity index (χ3n) is 3.47. The van der Waals surface area contributed by atoms with Crippen LogP contribution in [0, 0.1) is 0 Å². The zero-order chi connectivity index (χ0) is 15.1. The fourth-order valence-electron chi connectivity index (χ4n) is 2.31. The van der Waals surface area contributed by atoms with Crippen molar-refractivity contribution >= 4 is 33.2 Å². The molecule has 118 valence electrons. The van der Waals surface area contributed by atoms with Crippen LogP contribution in [0.1, 0.15) is 4.88 Å². The average Bonchev–Trinajstić information content (AvgIpc) is 2.87. The van der Waals surface area contributed by atoms with Crippen molar-refractivity contribution in [3.8, 4) is 0 Å². The number of nitrogens with one attached hydrogen (secondary N) is 1. The first-order valence-electron chi connectivity index (χ1n) is 7.12. The summed E-state index contributed by atoms with van der Waals surface area (Å²) in [4.78, 5) is 17.8. The second-order valence-electron chi connectivity index (χ2n) is 5.10. The van der Waals surface area contributed by atoms with E-state index in [9.17, 15) is 4.79 Å². The molecule has 0 aliphatic carbocycles. The highest BCUT2D eigenvalue weighted by atomic mass is 79.9. The molecular formula is C14H22BrN3O2S. The smallest absolute Gasteiger partial charge is 0.234 e. The number of hydrogen-bond donors (Lipinski definition) is 1. The van der Waals surface area contributed by atoms with Gasteiger partial charge in [-0.05, 0) is 28.1 Å². The fraction of sp³-hybridized carbons (Fsp3) is 0.643. The fourth-order valence-corrected chi connectivity index (χ4v) is 3.84. The van der Waals surface area contributed by atoms with Gasteiger partial charge in [-0.25, -0.2) is 0 Å². The number of hydrogen-bond acceptors (Lipinski definition) is 5. The second-order valence-corrected chi connectivity index (χ2v) is 7.65. The molecule has 0 aromatic carbocycles. The summed E-state index contributed by atoms with van der Waals surface area (Å²) >= 11 is 5.29. The van der Waals surface area contributed by atoms with Crippen molar-refractivity contribution in [1.82, 2.24) is 15.1 Å². The molecule has 1 saturated heterocycles. The highest BCUT2D eigenvalue weighted by Gasteiger charge is 2.19. The Morgan fingerprint density at radius 2 is 2.05 bits per heavy atom. The van der Waals surface area contributed by atoms with Gasteiger partial charge in [-0.15, -0.1) is 11.3 Å². The molecule has 1 aromatic heterocycles. The van der Waals surface area contributed by atoms with Crippen LogP contribution >= 0.6 is 27.3 Å². The van der Waals surface area contributed by atoms with Gasteiger partial charge in [0.1, 0.15) is 0 Å². The molecule has 1 aromatic rings. The number of halogens is 1. The van der Waals surface area contributed by atoms with Crippen molar-refractivity contribution in [2.45, 2.75) is 6.54 Å². The maximum absolute atomic E-state index is 11.7. The van der Waals surface area contributed by atoms with Gasteiger partial charge in [0.05, 0.1) is 16.9 Å². The lowest BCUT2D eigenvalue weighted by atomic mass is 10.3. The number of amides is 1. The predicted molar refractivity (Wildman–Crippen MR) is 88.6 cm³/mol. The third kappa shape index (κ3) is 6.04. The lowest BCUT2D eigenvalue weighted by Gasteiger charge is -2.34. The number of carbonyl (C=O) groups is 1. The molecule has 2 heterocycles. The van der Waals surface area contributed by atoms with E-state index in [2.05, 4.69) is 43.2 Å². The maximum atomic E-state index is 11.7. The molecule has 0 bridgehead atoms. The van der Waals surface area contributed by atoms with Crippen LogP contribution in [0.4, 0.5) is 0 Å². The summed E-state index contributed by atoms with van der Waals surface area (Å²) < 4.78 is 6.10. The van der Waals surface area contributed by atoms with Crippen LogP contribution in [0.25, 0.3) is 0 Å². The quantitative estimate of drug-likeness (QED) is 0.731. The van der Waals surface area contributed by atoms with Crippen LogP contribution in [-0.2, 0) is 16.1 Å². The van der Waals surface area contributed by atoms with Gasteiger partial charge in [0.15, 0.2) is 0 Å². The van der Waals surface area contributed by atoms with Crippen molar-refractivity contribution in [2.75, 3.05) is 53.0 Å². The van der Waals surface area contributed by atoms with E-state index in [0.717, 1.165) is 32.7 Å². The first-order chi connectivity index (χ1) is 10.2. The Bertz CT molecular complexity index is 447. The summed E-state index contributed by atoms with van der Waals surface area (Å²) in [7, 11) is 1.64. The molecule has 1 aliphatic heterocycles. The number of rotatable bonds is 7. The summed E-state index contributed by atoms with van der Waals surface area (Å²) in [6.45, 7) is 6.57. The first kappa shape index (κ1) is 16.9. The summed E-state index contributed by atoms with van der Waals surface area (Å²) in [5.41, 5.74) is 0. The number of piperazine rings is 1. The summed E-state index contributed by atoms with van der Waals surface area (Å²) in [5.74, 6) is 0.0858. The molecule has 2 rings (SSSR count). The number of ether oxygens (including phenoxy) is 1. The molecule has 0 unspecified atom stereocenters. The van der Waals surface area contributed by atoms with E-state index in [1.807, 2.05) is 0 Å². The van der Waals surface area contributed by atoms with Crippen molar-refractivity contribution in [1.29, 1.82) is 0 Å². The van der Waals surface area contributed by atoms with Gasteiger partial charge in [0.25, 0.3) is 0 Å². The maximum Gasteiger partial charge on any atom is 0.234 e. The van der Waals surface area contributed by atoms with Crippen LogP contribution in [0.3, 0.4) is 0 Å². The first-order valence-corrected chi connectivity index (χ1v) is 8.73. The molecule has 1 amide bonds. The van der Waals surface area contributed by atoms with E-state index in [-0.39, 0.29) is 5.91 Å². The van der Waals surface area contributed by atoms with Crippen LogP contribution in [0.15, 0.2) is 15.9 Å². The van der Waals surface area contributed by atoms with Crippen LogP contribution in [-0.4, -0.2) is 68.7 Å². The summed E-state index contributed by atoms with van der Waals surface area (Å²) in [5, 5.41) is 2.86. The van der Waals surface area contributed by atoms with Crippen molar-refractivity contribution in [3.05, 3.63) is 20.8 Å². The highest BCUT2D eigenvalue weighted by Crippen LogP contribution is 2.23. The van der Waals surface area contributed by atoms with E-state index in [0.29, 0.717) is 19.7 Å². The van der Waals surface area contributed by atoms with Gasteiger partial charge in [-0.3, -0.25) is 14.6 Å². The van der Waals surface area contributed by atoms with E-state index in [4.69, 9.17) is 4.74 Å². The minimum Gasteiger partial charge on any atom is -0.383 e. The Labute approximate surface area is 138 Å². The molecule has 1 N–H and O–H groups in total. The normalized spacial score (nSPS) is 17.0. The van der Waals surface area contributed by atoms with Gasteiger partial charge in [-0.2, -0.15) is 0 Å². The van der Waals surface area contributed by atoms with Crippen LogP contribution in [0.2, 0.25) is 0 Å². The van der Waals surface area contributed by atoms with Crippen LogP contribution in [0.5, 0.6) is 0 Å².